The van der Waals surface area contributed by atoms with Crippen molar-refractivity contribution in [3.63, 3.8) is 0 Å². The van der Waals surface area contributed by atoms with Gasteiger partial charge in [0.1, 0.15) is 0 Å². The van der Waals surface area contributed by atoms with Crippen LogP contribution in [0.5, 0.6) is 0 Å². The first-order valence-electron chi connectivity index (χ1n) is 6.67. The SMILES string of the molecule is CCc1nn(C)c(CN2CCN(CC#N)CC2)c1Br. The molecule has 1 aromatic heterocycles. The van der Waals surface area contributed by atoms with Crippen LogP contribution in [0.25, 0.3) is 0 Å². The highest BCUT2D eigenvalue weighted by molar-refractivity contribution is 9.10. The molecule has 1 saturated heterocycles. The third kappa shape index (κ3) is 3.35. The molecule has 6 heteroatoms. The van der Waals surface area contributed by atoms with Gasteiger partial charge in [0, 0.05) is 39.8 Å². The van der Waals surface area contributed by atoms with Gasteiger partial charge < -0.3 is 0 Å². The number of aryl methyl sites for hydroxylation is 2. The Kier molecular flexibility index (Phi) is 4.97. The number of aromatic nitrogens is 2. The molecule has 1 fully saturated rings. The molecule has 19 heavy (non-hydrogen) atoms. The number of rotatable bonds is 4. The van der Waals surface area contributed by atoms with E-state index in [1.807, 2.05) is 11.7 Å². The highest BCUT2D eigenvalue weighted by Gasteiger charge is 2.20. The maximum Gasteiger partial charge on any atom is 0.0866 e. The van der Waals surface area contributed by atoms with Crippen LogP contribution in [0.4, 0.5) is 0 Å². The lowest BCUT2D eigenvalue weighted by Gasteiger charge is -2.33. The predicted octanol–water partition coefficient (Wildman–Crippen LogP) is 1.39. The Morgan fingerprint density at radius 2 is 1.89 bits per heavy atom. The molecular weight excluding hydrogens is 306 g/mol. The summed E-state index contributed by atoms with van der Waals surface area (Å²) in [5.41, 5.74) is 2.37. The molecule has 1 aliphatic rings. The van der Waals surface area contributed by atoms with E-state index in [0.29, 0.717) is 6.54 Å². The molecule has 1 aliphatic heterocycles. The molecule has 0 amide bonds. The highest BCUT2D eigenvalue weighted by Crippen LogP contribution is 2.23. The summed E-state index contributed by atoms with van der Waals surface area (Å²) in [6, 6.07) is 2.22. The molecule has 1 aromatic rings. The Hall–Kier alpha value is -0.900. The van der Waals surface area contributed by atoms with Crippen molar-refractivity contribution in [2.45, 2.75) is 19.9 Å². The molecule has 0 radical (unpaired) electrons. The molecular formula is C13H20BrN5. The normalized spacial score (nSPS) is 17.6. The molecule has 0 unspecified atom stereocenters. The van der Waals surface area contributed by atoms with E-state index in [4.69, 9.17) is 5.26 Å². The maximum atomic E-state index is 8.70. The van der Waals surface area contributed by atoms with Crippen LogP contribution in [0.3, 0.4) is 0 Å². The smallest absolute Gasteiger partial charge is 0.0866 e. The summed E-state index contributed by atoms with van der Waals surface area (Å²) >= 11 is 3.66. The molecule has 0 spiro atoms. The number of nitrogens with zero attached hydrogens (tertiary/aromatic N) is 5. The van der Waals surface area contributed by atoms with Crippen LogP contribution in [-0.2, 0) is 20.0 Å². The monoisotopic (exact) mass is 325 g/mol. The molecule has 0 aromatic carbocycles. The summed E-state index contributed by atoms with van der Waals surface area (Å²) in [6.45, 7) is 7.57. The van der Waals surface area contributed by atoms with E-state index in [9.17, 15) is 0 Å². The fraction of sp³-hybridized carbons (Fsp3) is 0.692. The molecule has 0 aliphatic carbocycles. The number of hydrogen-bond acceptors (Lipinski definition) is 4. The van der Waals surface area contributed by atoms with Crippen molar-refractivity contribution in [2.75, 3.05) is 32.7 Å². The van der Waals surface area contributed by atoms with Crippen LogP contribution in [0.1, 0.15) is 18.3 Å². The standard InChI is InChI=1S/C13H20BrN5/c1-3-11-13(14)12(17(2)16-11)10-19-8-6-18(5-4-15)7-9-19/h3,5-10H2,1-2H3. The number of piperazine rings is 1. The lowest BCUT2D eigenvalue weighted by atomic mass is 10.2. The van der Waals surface area contributed by atoms with Crippen LogP contribution in [0.15, 0.2) is 4.47 Å². The summed E-state index contributed by atoms with van der Waals surface area (Å²) < 4.78 is 3.13. The van der Waals surface area contributed by atoms with E-state index in [1.165, 1.54) is 5.69 Å². The Bertz CT molecular complexity index is 468. The quantitative estimate of drug-likeness (QED) is 0.785. The van der Waals surface area contributed by atoms with E-state index in [-0.39, 0.29) is 0 Å². The summed E-state index contributed by atoms with van der Waals surface area (Å²) in [5, 5.41) is 13.2. The average Bonchev–Trinajstić information content (AvgIpc) is 2.68. The Morgan fingerprint density at radius 1 is 1.26 bits per heavy atom. The van der Waals surface area contributed by atoms with Gasteiger partial charge in [0.2, 0.25) is 0 Å². The van der Waals surface area contributed by atoms with Gasteiger partial charge in [-0.3, -0.25) is 14.5 Å². The van der Waals surface area contributed by atoms with Gasteiger partial charge >= 0.3 is 0 Å². The van der Waals surface area contributed by atoms with Gasteiger partial charge in [-0.2, -0.15) is 10.4 Å². The maximum absolute atomic E-state index is 8.70. The fourth-order valence-corrected chi connectivity index (χ4v) is 3.15. The van der Waals surface area contributed by atoms with Crippen molar-refractivity contribution < 1.29 is 0 Å². The van der Waals surface area contributed by atoms with Crippen molar-refractivity contribution in [1.29, 1.82) is 5.26 Å². The van der Waals surface area contributed by atoms with E-state index in [1.54, 1.807) is 0 Å². The summed E-state index contributed by atoms with van der Waals surface area (Å²) in [5.74, 6) is 0. The van der Waals surface area contributed by atoms with Crippen LogP contribution >= 0.6 is 15.9 Å². The second-order valence-electron chi connectivity index (χ2n) is 4.89. The van der Waals surface area contributed by atoms with E-state index in [0.717, 1.165) is 49.3 Å². The summed E-state index contributed by atoms with van der Waals surface area (Å²) in [6.07, 6.45) is 0.949. The van der Waals surface area contributed by atoms with Crippen LogP contribution in [0, 0.1) is 11.3 Å². The summed E-state index contributed by atoms with van der Waals surface area (Å²) in [4.78, 5) is 4.63. The minimum atomic E-state index is 0.545. The number of nitriles is 1. The first kappa shape index (κ1) is 14.5. The molecule has 0 N–H and O–H groups in total. The van der Waals surface area contributed by atoms with E-state index >= 15 is 0 Å². The molecule has 0 atom stereocenters. The minimum absolute atomic E-state index is 0.545. The van der Waals surface area contributed by atoms with E-state index < -0.39 is 0 Å². The molecule has 2 heterocycles. The lowest BCUT2D eigenvalue weighted by molar-refractivity contribution is 0.135. The number of halogens is 1. The van der Waals surface area contributed by atoms with E-state index in [2.05, 4.69) is 43.8 Å². The largest absolute Gasteiger partial charge is 0.295 e. The number of hydrogen-bond donors (Lipinski definition) is 0. The topological polar surface area (TPSA) is 48.1 Å². The van der Waals surface area contributed by atoms with Crippen LogP contribution < -0.4 is 0 Å². The molecule has 0 saturated carbocycles. The predicted molar refractivity (Wildman–Crippen MR) is 77.6 cm³/mol. The van der Waals surface area contributed by atoms with Crippen molar-refractivity contribution in [3.05, 3.63) is 15.9 Å². The zero-order chi connectivity index (χ0) is 13.8. The van der Waals surface area contributed by atoms with Crippen LogP contribution in [-0.4, -0.2) is 52.3 Å². The van der Waals surface area contributed by atoms with Gasteiger partial charge in [0.25, 0.3) is 0 Å². The molecule has 104 valence electrons. The molecule has 0 bridgehead atoms. The van der Waals surface area contributed by atoms with Gasteiger partial charge in [0.15, 0.2) is 0 Å². The van der Waals surface area contributed by atoms with Gasteiger partial charge in [-0.1, -0.05) is 6.92 Å². The molecule has 5 nitrogen and oxygen atoms in total. The van der Waals surface area contributed by atoms with Crippen LogP contribution in [0.2, 0.25) is 0 Å². The molecule has 2 rings (SSSR count). The Morgan fingerprint density at radius 3 is 2.42 bits per heavy atom. The lowest BCUT2D eigenvalue weighted by Crippen LogP contribution is -2.46. The van der Waals surface area contributed by atoms with Crippen molar-refractivity contribution in [2.24, 2.45) is 7.05 Å². The second kappa shape index (κ2) is 6.51. The first-order valence-corrected chi connectivity index (χ1v) is 7.47. The van der Waals surface area contributed by atoms with Crippen molar-refractivity contribution in [1.82, 2.24) is 19.6 Å². The van der Waals surface area contributed by atoms with Gasteiger partial charge in [0.05, 0.1) is 28.5 Å². The Balaban J connectivity index is 1.96. The average molecular weight is 326 g/mol. The second-order valence-corrected chi connectivity index (χ2v) is 5.69. The van der Waals surface area contributed by atoms with Gasteiger partial charge in [-0.25, -0.2) is 0 Å². The minimum Gasteiger partial charge on any atom is -0.295 e. The van der Waals surface area contributed by atoms with Crippen molar-refractivity contribution in [3.8, 4) is 6.07 Å². The fourth-order valence-electron chi connectivity index (χ4n) is 2.41. The third-order valence-electron chi connectivity index (χ3n) is 3.64. The zero-order valence-corrected chi connectivity index (χ0v) is 13.1. The van der Waals surface area contributed by atoms with Gasteiger partial charge in [-0.05, 0) is 22.4 Å². The highest BCUT2D eigenvalue weighted by atomic mass is 79.9. The Labute approximate surface area is 122 Å². The van der Waals surface area contributed by atoms with Gasteiger partial charge in [-0.15, -0.1) is 0 Å². The third-order valence-corrected chi connectivity index (χ3v) is 4.55. The van der Waals surface area contributed by atoms with Crippen molar-refractivity contribution >= 4 is 15.9 Å². The zero-order valence-electron chi connectivity index (χ0n) is 11.6. The first-order chi connectivity index (χ1) is 9.15. The summed E-state index contributed by atoms with van der Waals surface area (Å²) in [7, 11) is 2.01.